The number of hydrogen-bond acceptors (Lipinski definition) is 6. The van der Waals surface area contributed by atoms with E-state index in [1.807, 2.05) is 37.3 Å². The number of aromatic amines is 1. The van der Waals surface area contributed by atoms with E-state index in [0.717, 1.165) is 27.4 Å². The van der Waals surface area contributed by atoms with Gasteiger partial charge in [-0.15, -0.1) is 0 Å². The van der Waals surface area contributed by atoms with E-state index in [9.17, 15) is 19.5 Å². The smallest absolute Gasteiger partial charge is 0.340 e. The second-order valence-electron chi connectivity index (χ2n) is 8.44. The van der Waals surface area contributed by atoms with Gasteiger partial charge in [-0.3, -0.25) is 4.79 Å². The summed E-state index contributed by atoms with van der Waals surface area (Å²) in [6.07, 6.45) is 3.07. The van der Waals surface area contributed by atoms with Crippen molar-refractivity contribution in [2.24, 2.45) is 0 Å². The molecule has 8 heteroatoms. The second-order valence-corrected chi connectivity index (χ2v) is 8.44. The maximum absolute atomic E-state index is 12.8. The van der Waals surface area contributed by atoms with Gasteiger partial charge in [-0.1, -0.05) is 18.2 Å². The first-order chi connectivity index (χ1) is 16.3. The molecule has 8 nitrogen and oxygen atoms in total. The number of carbonyl (C=O) groups is 2. The first-order valence-electron chi connectivity index (χ1n) is 10.8. The Kier molecular flexibility index (Phi) is 5.20. The number of furan rings is 1. The Morgan fingerprint density at radius 2 is 1.88 bits per heavy atom. The minimum absolute atomic E-state index is 0.0428. The number of para-hydroxylation sites is 1. The van der Waals surface area contributed by atoms with Gasteiger partial charge in [0.25, 0.3) is 0 Å². The Morgan fingerprint density at radius 1 is 1.09 bits per heavy atom. The molecule has 2 aromatic carbocycles. The molecule has 0 aliphatic rings. The van der Waals surface area contributed by atoms with Crippen LogP contribution in [0.25, 0.3) is 32.8 Å². The van der Waals surface area contributed by atoms with Crippen LogP contribution >= 0.6 is 0 Å². The lowest BCUT2D eigenvalue weighted by Crippen LogP contribution is -2.49. The molecule has 1 atom stereocenters. The van der Waals surface area contributed by atoms with Crippen molar-refractivity contribution in [2.75, 3.05) is 0 Å². The highest BCUT2D eigenvalue weighted by atomic mass is 16.4. The predicted octanol–water partition coefficient (Wildman–Crippen LogP) is 2.66. The molecule has 5 aromatic rings. The third-order valence-electron chi connectivity index (χ3n) is 6.23. The molecule has 3 heterocycles. The van der Waals surface area contributed by atoms with Crippen molar-refractivity contribution in [1.82, 2.24) is 10.3 Å². The second kappa shape index (κ2) is 8.22. The van der Waals surface area contributed by atoms with Crippen molar-refractivity contribution in [3.05, 3.63) is 81.5 Å². The summed E-state index contributed by atoms with van der Waals surface area (Å²) >= 11 is 0. The van der Waals surface area contributed by atoms with E-state index in [2.05, 4.69) is 10.3 Å². The Hall–Kier alpha value is -4.33. The minimum atomic E-state index is -1.40. The monoisotopic (exact) mass is 457 g/mol. The Labute approximate surface area is 193 Å². The van der Waals surface area contributed by atoms with Gasteiger partial charge in [-0.05, 0) is 42.7 Å². The number of benzene rings is 2. The van der Waals surface area contributed by atoms with Crippen molar-refractivity contribution in [3.8, 4) is 0 Å². The molecule has 1 amide bonds. The quantitative estimate of drug-likeness (QED) is 0.377. The molecule has 34 heavy (non-hydrogen) atoms. The summed E-state index contributed by atoms with van der Waals surface area (Å²) in [5, 5.41) is 16.7. The molecule has 0 bridgehead atoms. The van der Waals surface area contributed by atoms with Gasteiger partial charge in [0.1, 0.15) is 11.2 Å². The number of carbonyl (C=O) groups excluding carboxylic acids is 2. The molecule has 0 spiro atoms. The van der Waals surface area contributed by atoms with E-state index in [1.165, 1.54) is 0 Å². The fourth-order valence-electron chi connectivity index (χ4n) is 4.36. The summed E-state index contributed by atoms with van der Waals surface area (Å²) in [7, 11) is 0. The third-order valence-corrected chi connectivity index (χ3v) is 6.23. The van der Waals surface area contributed by atoms with Crippen LogP contribution < -0.4 is 16.0 Å². The number of H-pyrrole nitrogens is 1. The van der Waals surface area contributed by atoms with E-state index in [4.69, 9.17) is 8.83 Å². The number of rotatable bonds is 6. The van der Waals surface area contributed by atoms with Crippen LogP contribution in [0.2, 0.25) is 0 Å². The fraction of sp³-hybridized carbons (Fsp3) is 0.192. The molecule has 0 radical (unpaired) electrons. The summed E-state index contributed by atoms with van der Waals surface area (Å²) in [6, 6.07) is 9.74. The number of hydrogen-bond donors (Lipinski definition) is 2. The predicted molar refractivity (Wildman–Crippen MR) is 124 cm³/mol. The van der Waals surface area contributed by atoms with Crippen LogP contribution in [0.5, 0.6) is 0 Å². The van der Waals surface area contributed by atoms with Crippen LogP contribution in [0.3, 0.4) is 0 Å². The maximum atomic E-state index is 12.8. The van der Waals surface area contributed by atoms with Crippen LogP contribution in [0, 0.1) is 13.8 Å². The molecule has 172 valence electrons. The number of aliphatic carboxylic acids is 1. The molecule has 0 unspecified atom stereocenters. The van der Waals surface area contributed by atoms with E-state index in [0.29, 0.717) is 22.1 Å². The van der Waals surface area contributed by atoms with Gasteiger partial charge in [-0.25, -0.2) is 4.79 Å². The maximum Gasteiger partial charge on any atom is 0.340 e. The molecule has 0 fully saturated rings. The van der Waals surface area contributed by atoms with Crippen molar-refractivity contribution in [2.45, 2.75) is 32.7 Å². The molecule has 2 N–H and O–H groups in total. The van der Waals surface area contributed by atoms with E-state index >= 15 is 0 Å². The Bertz CT molecular complexity index is 1640. The number of aryl methyl sites for hydroxylation is 2. The summed E-state index contributed by atoms with van der Waals surface area (Å²) in [4.78, 5) is 40.3. The SMILES string of the molecule is Cc1coc2cc3oc(=O)c(CC(=O)N[C@@H](Cc4c[nH]c5ccccc45)C(=O)[O-])c(C)c3cc12. The van der Waals surface area contributed by atoms with Crippen molar-refractivity contribution in [1.29, 1.82) is 0 Å². The van der Waals surface area contributed by atoms with E-state index < -0.39 is 23.5 Å². The lowest BCUT2D eigenvalue weighted by Gasteiger charge is -2.20. The highest BCUT2D eigenvalue weighted by Gasteiger charge is 2.20. The zero-order chi connectivity index (χ0) is 24.0. The van der Waals surface area contributed by atoms with E-state index in [1.54, 1.807) is 25.5 Å². The first-order valence-corrected chi connectivity index (χ1v) is 10.8. The number of fused-ring (bicyclic) bond motifs is 3. The Balaban J connectivity index is 1.41. The minimum Gasteiger partial charge on any atom is -0.548 e. The number of carboxylic acids is 1. The average molecular weight is 457 g/mol. The van der Waals surface area contributed by atoms with Gasteiger partial charge < -0.3 is 29.0 Å². The largest absolute Gasteiger partial charge is 0.548 e. The fourth-order valence-corrected chi connectivity index (χ4v) is 4.36. The summed E-state index contributed by atoms with van der Waals surface area (Å²) in [5.41, 5.74) is 3.64. The molecule has 0 saturated heterocycles. The van der Waals surface area contributed by atoms with Crippen molar-refractivity contribution >= 4 is 44.7 Å². The highest BCUT2D eigenvalue weighted by Crippen LogP contribution is 2.29. The third kappa shape index (κ3) is 3.73. The molecule has 0 saturated carbocycles. The molecule has 3 aromatic heterocycles. The normalized spacial score (nSPS) is 12.4. The Morgan fingerprint density at radius 3 is 2.68 bits per heavy atom. The van der Waals surface area contributed by atoms with Gasteiger partial charge in [0.15, 0.2) is 0 Å². The van der Waals surface area contributed by atoms with Crippen LogP contribution in [0.15, 0.2) is 62.5 Å². The van der Waals surface area contributed by atoms with Gasteiger partial charge >= 0.3 is 5.63 Å². The highest BCUT2D eigenvalue weighted by molar-refractivity contribution is 5.97. The van der Waals surface area contributed by atoms with Crippen LogP contribution in [-0.4, -0.2) is 22.9 Å². The molecule has 0 aliphatic carbocycles. The van der Waals surface area contributed by atoms with Gasteiger partial charge in [0, 0.05) is 40.4 Å². The van der Waals surface area contributed by atoms with Crippen LogP contribution in [0.1, 0.15) is 22.3 Å². The molecule has 0 aliphatic heterocycles. The average Bonchev–Trinajstić information content (AvgIpc) is 3.38. The van der Waals surface area contributed by atoms with Crippen LogP contribution in [0.4, 0.5) is 0 Å². The topological polar surface area (TPSA) is 128 Å². The number of nitrogens with one attached hydrogen (secondary N) is 2. The van der Waals surface area contributed by atoms with Gasteiger partial charge in [0.05, 0.1) is 30.3 Å². The van der Waals surface area contributed by atoms with Gasteiger partial charge in [0.2, 0.25) is 5.91 Å². The summed E-state index contributed by atoms with van der Waals surface area (Å²) in [6.45, 7) is 3.65. The van der Waals surface area contributed by atoms with Gasteiger partial charge in [-0.2, -0.15) is 0 Å². The summed E-state index contributed by atoms with van der Waals surface area (Å²) in [5.74, 6) is -2.01. The number of aromatic nitrogens is 1. The van der Waals surface area contributed by atoms with Crippen molar-refractivity contribution in [3.63, 3.8) is 0 Å². The zero-order valence-corrected chi connectivity index (χ0v) is 18.6. The lowest BCUT2D eigenvalue weighted by molar-refractivity contribution is -0.308. The lowest BCUT2D eigenvalue weighted by atomic mass is 10.0. The zero-order valence-electron chi connectivity index (χ0n) is 18.6. The molecule has 5 rings (SSSR count). The van der Waals surface area contributed by atoms with E-state index in [-0.39, 0.29) is 18.4 Å². The summed E-state index contributed by atoms with van der Waals surface area (Å²) < 4.78 is 10.9. The number of amides is 1. The van der Waals surface area contributed by atoms with Crippen LogP contribution in [-0.2, 0) is 22.4 Å². The molecular formula is C26H21N2O6-. The standard InChI is InChI=1S/C26H22N2O6/c1-13-12-33-22-10-23-18(8-17(13)22)14(2)19(26(32)34-23)9-24(29)28-21(25(30)31)7-15-11-27-20-6-4-3-5-16(15)20/h3-6,8,10-12,21,27H,7,9H2,1-2H3,(H,28,29)(H,30,31)/p-1/t21-/m0/s1. The van der Waals surface area contributed by atoms with Crippen molar-refractivity contribution < 1.29 is 23.5 Å². The number of carboxylic acid groups (broad SMARTS) is 1. The first kappa shape index (κ1) is 21.5. The molecular weight excluding hydrogens is 436 g/mol.